The van der Waals surface area contributed by atoms with Crippen LogP contribution in [0.2, 0.25) is 0 Å². The molecule has 0 N–H and O–H groups in total. The Balaban J connectivity index is 1.69. The molecule has 1 atom stereocenters. The molecule has 0 radical (unpaired) electrons. The number of amides is 1. The maximum Gasteiger partial charge on any atom is 0.338 e. The Hall–Kier alpha value is -4.90. The second kappa shape index (κ2) is 12.8. The van der Waals surface area contributed by atoms with Crippen LogP contribution in [0.4, 0.5) is 0 Å². The quantitative estimate of drug-likeness (QED) is 0.260. The van der Waals surface area contributed by atoms with Crippen LogP contribution in [0.5, 0.6) is 11.5 Å². The van der Waals surface area contributed by atoms with Crippen LogP contribution >= 0.6 is 11.3 Å². The lowest BCUT2D eigenvalue weighted by Crippen LogP contribution is -2.43. The predicted octanol–water partition coefficient (Wildman–Crippen LogP) is 4.17. The summed E-state index contributed by atoms with van der Waals surface area (Å²) in [6.45, 7) is 6.60. The SMILES string of the molecule is CCN(CC)C(=O)C1=C(C)N=c2s/c(=C\c3ccc(-c4ccccc4C(=O)OC)o3)c(=O)n2[C@H]1c1cc(OC)ccc1OC. The van der Waals surface area contributed by atoms with Crippen molar-refractivity contribution in [2.45, 2.75) is 26.8 Å². The molecule has 5 rings (SSSR count). The fourth-order valence-electron chi connectivity index (χ4n) is 5.31. The maximum absolute atomic E-state index is 14.2. The lowest BCUT2D eigenvalue weighted by molar-refractivity contribution is -0.127. The van der Waals surface area contributed by atoms with Gasteiger partial charge in [-0.3, -0.25) is 14.2 Å². The van der Waals surface area contributed by atoms with E-state index in [0.29, 0.717) is 73.4 Å². The van der Waals surface area contributed by atoms with Gasteiger partial charge in [0, 0.05) is 30.3 Å². The molecule has 0 aliphatic carbocycles. The van der Waals surface area contributed by atoms with Crippen molar-refractivity contribution in [3.63, 3.8) is 0 Å². The molecule has 4 aromatic rings. The number of carbonyl (C=O) groups is 2. The number of hydrogen-bond acceptors (Lipinski definition) is 9. The highest BCUT2D eigenvalue weighted by Gasteiger charge is 2.36. The topological polar surface area (TPSA) is 113 Å². The zero-order valence-electron chi connectivity index (χ0n) is 25.4. The molecule has 1 aliphatic heterocycles. The normalized spacial score (nSPS) is 14.6. The molecule has 0 fully saturated rings. The van der Waals surface area contributed by atoms with E-state index < -0.39 is 12.0 Å². The number of carbonyl (C=O) groups excluding carboxylic acids is 2. The lowest BCUT2D eigenvalue weighted by atomic mass is 9.93. The molecule has 0 unspecified atom stereocenters. The molecule has 10 nitrogen and oxygen atoms in total. The zero-order valence-corrected chi connectivity index (χ0v) is 26.2. The summed E-state index contributed by atoms with van der Waals surface area (Å²) < 4.78 is 24.1. The Morgan fingerprint density at radius 3 is 2.48 bits per heavy atom. The van der Waals surface area contributed by atoms with E-state index in [4.69, 9.17) is 23.6 Å². The first kappa shape index (κ1) is 30.6. The number of allylic oxidation sites excluding steroid dienone is 1. The summed E-state index contributed by atoms with van der Waals surface area (Å²) >= 11 is 1.20. The molecule has 0 spiro atoms. The summed E-state index contributed by atoms with van der Waals surface area (Å²) in [5.74, 6) is 1.24. The Kier molecular flexibility index (Phi) is 8.86. The van der Waals surface area contributed by atoms with E-state index in [1.165, 1.54) is 23.0 Å². The third-order valence-corrected chi connectivity index (χ3v) is 8.52. The lowest BCUT2D eigenvalue weighted by Gasteiger charge is -2.30. The van der Waals surface area contributed by atoms with Gasteiger partial charge >= 0.3 is 5.97 Å². The first-order valence-electron chi connectivity index (χ1n) is 14.1. The smallest absolute Gasteiger partial charge is 0.338 e. The maximum atomic E-state index is 14.2. The van der Waals surface area contributed by atoms with Crippen molar-refractivity contribution in [1.29, 1.82) is 0 Å². The molecule has 44 heavy (non-hydrogen) atoms. The van der Waals surface area contributed by atoms with Crippen molar-refractivity contribution >= 4 is 29.3 Å². The van der Waals surface area contributed by atoms with Gasteiger partial charge in [0.15, 0.2) is 4.80 Å². The Labute approximate surface area is 258 Å². The largest absolute Gasteiger partial charge is 0.497 e. The third kappa shape index (κ3) is 5.46. The Morgan fingerprint density at radius 2 is 1.80 bits per heavy atom. The summed E-state index contributed by atoms with van der Waals surface area (Å²) in [6, 6.07) is 14.9. The van der Waals surface area contributed by atoms with Crippen molar-refractivity contribution in [2.75, 3.05) is 34.4 Å². The standard InChI is InChI=1S/C33H33N3O7S/c1-7-35(8-2)31(38)28-19(3)34-33-36(29(28)24-17-20(40-4)13-15-25(24)41-5)30(37)27(44-33)18-21-14-16-26(43-21)22-11-9-10-12-23(22)32(39)42-6/h9-18,29H,7-8H2,1-6H3/b27-18-/t29-/m0/s1. The van der Waals surface area contributed by atoms with E-state index in [1.807, 2.05) is 13.8 Å². The molecule has 1 aliphatic rings. The predicted molar refractivity (Wildman–Crippen MR) is 167 cm³/mol. The summed E-state index contributed by atoms with van der Waals surface area (Å²) in [5, 5.41) is 0. The molecule has 0 saturated carbocycles. The minimum absolute atomic E-state index is 0.208. The van der Waals surface area contributed by atoms with E-state index in [1.54, 1.807) is 86.7 Å². The molecule has 1 amide bonds. The average Bonchev–Trinajstić information content (AvgIpc) is 3.63. The highest BCUT2D eigenvalue weighted by atomic mass is 32.1. The van der Waals surface area contributed by atoms with Crippen LogP contribution < -0.4 is 24.4 Å². The summed E-state index contributed by atoms with van der Waals surface area (Å²) in [5.41, 5.74) is 2.10. The number of nitrogens with zero attached hydrogens (tertiary/aromatic N) is 3. The molecule has 0 saturated heterocycles. The van der Waals surface area contributed by atoms with Gasteiger partial charge in [-0.1, -0.05) is 29.5 Å². The van der Waals surface area contributed by atoms with Gasteiger partial charge in [0.25, 0.3) is 11.5 Å². The Morgan fingerprint density at radius 1 is 1.05 bits per heavy atom. The number of likely N-dealkylation sites (N-methyl/N-ethyl adjacent to an activating group) is 1. The van der Waals surface area contributed by atoms with E-state index in [-0.39, 0.29) is 11.5 Å². The number of ether oxygens (including phenoxy) is 3. The highest BCUT2D eigenvalue weighted by molar-refractivity contribution is 7.07. The van der Waals surface area contributed by atoms with Crippen molar-refractivity contribution in [3.8, 4) is 22.8 Å². The monoisotopic (exact) mass is 615 g/mol. The number of aromatic nitrogens is 1. The van der Waals surface area contributed by atoms with Crippen LogP contribution in [0, 0.1) is 0 Å². The second-order valence-corrected chi connectivity index (χ2v) is 10.9. The van der Waals surface area contributed by atoms with Crippen LogP contribution in [0.3, 0.4) is 0 Å². The fraction of sp³-hybridized carbons (Fsp3) is 0.273. The summed E-state index contributed by atoms with van der Waals surface area (Å²) in [4.78, 5) is 47.3. The van der Waals surface area contributed by atoms with Crippen LogP contribution in [0.15, 0.2) is 80.1 Å². The summed E-state index contributed by atoms with van der Waals surface area (Å²) in [7, 11) is 4.43. The second-order valence-electron chi connectivity index (χ2n) is 9.91. The van der Waals surface area contributed by atoms with Crippen LogP contribution in [-0.4, -0.2) is 55.8 Å². The first-order chi connectivity index (χ1) is 21.3. The number of benzene rings is 2. The van der Waals surface area contributed by atoms with Gasteiger partial charge in [0.05, 0.1) is 42.7 Å². The fourth-order valence-corrected chi connectivity index (χ4v) is 6.34. The third-order valence-electron chi connectivity index (χ3n) is 7.53. The van der Waals surface area contributed by atoms with Crippen molar-refractivity contribution in [1.82, 2.24) is 9.47 Å². The van der Waals surface area contributed by atoms with Crippen molar-refractivity contribution in [2.24, 2.45) is 4.99 Å². The van der Waals surface area contributed by atoms with Crippen LogP contribution in [-0.2, 0) is 9.53 Å². The van der Waals surface area contributed by atoms with Gasteiger partial charge in [0.2, 0.25) is 0 Å². The highest BCUT2D eigenvalue weighted by Crippen LogP contribution is 2.38. The Bertz CT molecular complexity index is 1950. The number of furan rings is 1. The van der Waals surface area contributed by atoms with Gasteiger partial charge in [-0.2, -0.15) is 0 Å². The molecule has 2 aromatic carbocycles. The van der Waals surface area contributed by atoms with Crippen LogP contribution in [0.25, 0.3) is 17.4 Å². The molecule has 2 aromatic heterocycles. The number of fused-ring (bicyclic) bond motifs is 1. The minimum Gasteiger partial charge on any atom is -0.497 e. The van der Waals surface area contributed by atoms with E-state index in [9.17, 15) is 14.4 Å². The number of methoxy groups -OCH3 is 3. The molecular weight excluding hydrogens is 582 g/mol. The summed E-state index contributed by atoms with van der Waals surface area (Å²) in [6.07, 6.45) is 1.64. The van der Waals surface area contributed by atoms with Crippen molar-refractivity contribution < 1.29 is 28.2 Å². The van der Waals surface area contributed by atoms with E-state index in [0.717, 1.165) is 0 Å². The molecule has 11 heteroatoms. The first-order valence-corrected chi connectivity index (χ1v) is 14.9. The van der Waals surface area contributed by atoms with Gasteiger partial charge in [-0.15, -0.1) is 0 Å². The molecule has 228 valence electrons. The van der Waals surface area contributed by atoms with Gasteiger partial charge < -0.3 is 23.5 Å². The number of hydrogen-bond donors (Lipinski definition) is 0. The molecule has 0 bridgehead atoms. The van der Waals surface area contributed by atoms with E-state index in [2.05, 4.69) is 0 Å². The van der Waals surface area contributed by atoms with Gasteiger partial charge in [-0.25, -0.2) is 9.79 Å². The number of thiazole rings is 1. The molecular formula is C33H33N3O7S. The van der Waals surface area contributed by atoms with Crippen molar-refractivity contribution in [3.05, 3.63) is 102 Å². The zero-order chi connectivity index (χ0) is 31.5. The minimum atomic E-state index is -0.814. The molecule has 3 heterocycles. The number of esters is 1. The van der Waals surface area contributed by atoms with Gasteiger partial charge in [-0.05, 0) is 57.2 Å². The van der Waals surface area contributed by atoms with Gasteiger partial charge in [0.1, 0.15) is 29.1 Å². The van der Waals surface area contributed by atoms with E-state index >= 15 is 0 Å². The average molecular weight is 616 g/mol. The number of rotatable bonds is 9. The van der Waals surface area contributed by atoms with Crippen LogP contribution in [0.1, 0.15) is 48.5 Å².